The Labute approximate surface area is 228 Å². The zero-order valence-corrected chi connectivity index (χ0v) is 22.8. The molecule has 0 saturated heterocycles. The number of para-hydroxylation sites is 2. The number of aryl methyl sites for hydroxylation is 1. The summed E-state index contributed by atoms with van der Waals surface area (Å²) in [5, 5.41) is 0. The third-order valence-electron chi connectivity index (χ3n) is 7.36. The molecule has 1 aromatic heterocycles. The number of nitrogens with zero attached hydrogens (tertiary/aromatic N) is 3. The molecule has 0 N–H and O–H groups in total. The number of ether oxygens (including phenoxy) is 2. The van der Waals surface area contributed by atoms with Gasteiger partial charge >= 0.3 is 11.9 Å². The van der Waals surface area contributed by atoms with E-state index >= 15 is 0 Å². The highest BCUT2D eigenvalue weighted by atomic mass is 16.5. The van der Waals surface area contributed by atoms with Crippen LogP contribution >= 0.6 is 0 Å². The van der Waals surface area contributed by atoms with Gasteiger partial charge in [0.2, 0.25) is 0 Å². The number of fused-ring (bicyclic) bond motifs is 1. The van der Waals surface area contributed by atoms with Crippen molar-refractivity contribution in [1.29, 1.82) is 0 Å². The van der Waals surface area contributed by atoms with E-state index in [2.05, 4.69) is 4.57 Å². The first-order chi connectivity index (χ1) is 18.8. The molecule has 198 valence electrons. The molecule has 1 aliphatic heterocycles. The minimum absolute atomic E-state index is 0.323. The van der Waals surface area contributed by atoms with Gasteiger partial charge in [0.25, 0.3) is 0 Å². The molecule has 0 unspecified atom stereocenters. The van der Waals surface area contributed by atoms with Crippen molar-refractivity contribution >= 4 is 23.0 Å². The molecule has 0 aliphatic carbocycles. The largest absolute Gasteiger partial charge is 0.466 e. The summed E-state index contributed by atoms with van der Waals surface area (Å²) in [6, 6.07) is 25.7. The van der Waals surface area contributed by atoms with Crippen LogP contribution in [0.1, 0.15) is 30.9 Å². The highest BCUT2D eigenvalue weighted by Crippen LogP contribution is 2.43. The van der Waals surface area contributed by atoms with Crippen LogP contribution in [0.5, 0.6) is 0 Å². The van der Waals surface area contributed by atoms with Crippen molar-refractivity contribution in [2.24, 2.45) is 0 Å². The summed E-state index contributed by atoms with van der Waals surface area (Å²) < 4.78 is 12.6. The minimum atomic E-state index is -0.630. The molecule has 1 aliphatic rings. The Morgan fingerprint density at radius 1 is 0.769 bits per heavy atom. The number of allylic oxidation sites excluding steroid dienone is 2. The third kappa shape index (κ3) is 4.61. The first-order valence-corrected chi connectivity index (χ1v) is 12.8. The Bertz CT molecular complexity index is 1570. The Balaban J connectivity index is 1.73. The Morgan fingerprint density at radius 3 is 1.92 bits per heavy atom. The van der Waals surface area contributed by atoms with E-state index in [1.807, 2.05) is 105 Å². The van der Waals surface area contributed by atoms with Crippen LogP contribution in [-0.2, 0) is 25.7 Å². The van der Waals surface area contributed by atoms with Crippen LogP contribution in [0.4, 0.5) is 0 Å². The van der Waals surface area contributed by atoms with Crippen LogP contribution in [0, 0.1) is 6.92 Å². The molecule has 3 aromatic carbocycles. The summed E-state index contributed by atoms with van der Waals surface area (Å²) in [7, 11) is 2.72. The van der Waals surface area contributed by atoms with Gasteiger partial charge in [0.15, 0.2) is 0 Å². The van der Waals surface area contributed by atoms with Crippen LogP contribution in [0.2, 0.25) is 0 Å². The van der Waals surface area contributed by atoms with E-state index in [1.54, 1.807) is 0 Å². The van der Waals surface area contributed by atoms with Crippen LogP contribution in [0.15, 0.2) is 101 Å². The van der Waals surface area contributed by atoms with E-state index in [-0.39, 0.29) is 0 Å². The molecule has 7 heteroatoms. The zero-order valence-electron chi connectivity index (χ0n) is 22.8. The number of methoxy groups -OCH3 is 2. The van der Waals surface area contributed by atoms with Gasteiger partial charge < -0.3 is 18.9 Å². The molecule has 0 saturated carbocycles. The highest BCUT2D eigenvalue weighted by Gasteiger charge is 2.40. The summed E-state index contributed by atoms with van der Waals surface area (Å²) in [5.41, 5.74) is 6.87. The van der Waals surface area contributed by atoms with Gasteiger partial charge in [-0.25, -0.2) is 14.6 Å². The Hall–Kier alpha value is -4.65. The van der Waals surface area contributed by atoms with E-state index < -0.39 is 17.9 Å². The number of carbonyl (C=O) groups excluding carboxylic acids is 2. The average Bonchev–Trinajstić information content (AvgIpc) is 3.33. The van der Waals surface area contributed by atoms with E-state index in [0.29, 0.717) is 29.2 Å². The van der Waals surface area contributed by atoms with Gasteiger partial charge in [-0.1, -0.05) is 72.3 Å². The summed E-state index contributed by atoms with van der Waals surface area (Å²) in [4.78, 5) is 33.6. The smallest absolute Gasteiger partial charge is 0.336 e. The second-order valence-electron chi connectivity index (χ2n) is 9.61. The zero-order chi connectivity index (χ0) is 27.7. The molecule has 0 fully saturated rings. The van der Waals surface area contributed by atoms with Crippen molar-refractivity contribution in [1.82, 2.24) is 14.5 Å². The molecule has 0 bridgehead atoms. The second-order valence-corrected chi connectivity index (χ2v) is 9.61. The summed E-state index contributed by atoms with van der Waals surface area (Å²) in [6.45, 7) is 6.11. The minimum Gasteiger partial charge on any atom is -0.466 e. The second kappa shape index (κ2) is 10.6. The standard InChI is InChI=1S/C32H31N3O4/c1-20-15-17-23(18-16-20)29-27(31(36)38-4)21(2)34(22(3)28(29)32(37)39-5)19-35-26-14-10-9-13-25(26)33-30(35)24-11-7-6-8-12-24/h6-18,29H,19H2,1-5H3. The fraction of sp³-hybridized carbons (Fsp3) is 0.219. The monoisotopic (exact) mass is 521 g/mol. The quantitative estimate of drug-likeness (QED) is 0.292. The van der Waals surface area contributed by atoms with Gasteiger partial charge in [-0.2, -0.15) is 0 Å². The van der Waals surface area contributed by atoms with Gasteiger partial charge in [-0.05, 0) is 38.5 Å². The Kier molecular flexibility index (Phi) is 7.07. The van der Waals surface area contributed by atoms with Gasteiger partial charge in [0, 0.05) is 17.0 Å². The maximum atomic E-state index is 13.3. The molecule has 0 spiro atoms. The molecular weight excluding hydrogens is 490 g/mol. The van der Waals surface area contributed by atoms with E-state index in [1.165, 1.54) is 14.2 Å². The predicted octanol–water partition coefficient (Wildman–Crippen LogP) is 5.96. The summed E-state index contributed by atoms with van der Waals surface area (Å²) >= 11 is 0. The SMILES string of the molecule is COC(=O)C1=C(C)N(Cn2c(-c3ccccc3)nc3ccccc32)C(C)=C(C(=O)OC)C1c1ccc(C)cc1. The highest BCUT2D eigenvalue weighted by molar-refractivity contribution is 5.99. The lowest BCUT2D eigenvalue weighted by Crippen LogP contribution is -2.36. The van der Waals surface area contributed by atoms with Crippen LogP contribution in [0.3, 0.4) is 0 Å². The topological polar surface area (TPSA) is 73.7 Å². The van der Waals surface area contributed by atoms with Crippen molar-refractivity contribution in [3.05, 3.63) is 113 Å². The lowest BCUT2D eigenvalue weighted by molar-refractivity contribution is -0.137. The molecular formula is C32H31N3O4. The van der Waals surface area contributed by atoms with E-state index in [4.69, 9.17) is 14.5 Å². The fourth-order valence-electron chi connectivity index (χ4n) is 5.33. The number of benzene rings is 3. The molecule has 7 nitrogen and oxygen atoms in total. The Morgan fingerprint density at radius 2 is 1.33 bits per heavy atom. The van der Waals surface area contributed by atoms with E-state index in [0.717, 1.165) is 33.5 Å². The number of hydrogen-bond acceptors (Lipinski definition) is 6. The number of hydrogen-bond donors (Lipinski definition) is 0. The first-order valence-electron chi connectivity index (χ1n) is 12.8. The van der Waals surface area contributed by atoms with Crippen LogP contribution < -0.4 is 0 Å². The number of aromatic nitrogens is 2. The average molecular weight is 522 g/mol. The molecule has 5 rings (SSSR count). The lowest BCUT2D eigenvalue weighted by Gasteiger charge is -2.38. The van der Waals surface area contributed by atoms with Crippen LogP contribution in [-0.4, -0.2) is 40.6 Å². The van der Waals surface area contributed by atoms with Crippen LogP contribution in [0.25, 0.3) is 22.4 Å². The summed E-state index contributed by atoms with van der Waals surface area (Å²) in [6.07, 6.45) is 0. The number of rotatable bonds is 6. The molecule has 4 aromatic rings. The van der Waals surface area contributed by atoms with Crippen molar-refractivity contribution in [2.75, 3.05) is 14.2 Å². The van der Waals surface area contributed by atoms with Gasteiger partial charge in [-0.15, -0.1) is 0 Å². The maximum absolute atomic E-state index is 13.3. The van der Waals surface area contributed by atoms with Crippen molar-refractivity contribution < 1.29 is 19.1 Å². The molecule has 2 heterocycles. The number of esters is 2. The molecule has 0 amide bonds. The predicted molar refractivity (Wildman–Crippen MR) is 150 cm³/mol. The third-order valence-corrected chi connectivity index (χ3v) is 7.36. The maximum Gasteiger partial charge on any atom is 0.336 e. The van der Waals surface area contributed by atoms with Gasteiger partial charge in [0.05, 0.1) is 42.3 Å². The van der Waals surface area contributed by atoms with Crippen molar-refractivity contribution in [2.45, 2.75) is 33.4 Å². The van der Waals surface area contributed by atoms with E-state index in [9.17, 15) is 9.59 Å². The molecule has 39 heavy (non-hydrogen) atoms. The normalized spacial score (nSPS) is 14.2. The number of imidazole rings is 1. The lowest BCUT2D eigenvalue weighted by atomic mass is 9.79. The van der Waals surface area contributed by atoms with Crippen molar-refractivity contribution in [3.63, 3.8) is 0 Å². The molecule has 0 radical (unpaired) electrons. The fourth-order valence-corrected chi connectivity index (χ4v) is 5.33. The first kappa shape index (κ1) is 26.0. The van der Waals surface area contributed by atoms with Gasteiger partial charge in [-0.3, -0.25) is 0 Å². The number of carbonyl (C=O) groups is 2. The van der Waals surface area contributed by atoms with Crippen molar-refractivity contribution in [3.8, 4) is 11.4 Å². The molecule has 0 atom stereocenters. The van der Waals surface area contributed by atoms with Gasteiger partial charge in [0.1, 0.15) is 12.5 Å². The summed E-state index contributed by atoms with van der Waals surface area (Å²) in [5.74, 6) is -0.821.